The molecule has 0 aromatic heterocycles. The molecule has 0 bridgehead atoms. The number of carbonyl (C=O) groups is 1. The minimum Gasteiger partial charge on any atom is -0.509 e. The fourth-order valence-electron chi connectivity index (χ4n) is 0.505. The molecule has 1 unspecified atom stereocenters. The molecule has 4 heteroatoms. The Morgan fingerprint density at radius 3 is 2.50 bits per heavy atom. The first kappa shape index (κ1) is 14.3. The Kier molecular flexibility index (Phi) is 8.93. The van der Waals surface area contributed by atoms with Crippen LogP contribution in [-0.2, 0) is 29.6 Å². The predicted octanol–water partition coefficient (Wildman–Crippen LogP) is 1.44. The summed E-state index contributed by atoms with van der Waals surface area (Å²) < 4.78 is 4.79. The molecule has 1 atom stereocenters. The van der Waals surface area contributed by atoms with Crippen molar-refractivity contribution >= 4 is 5.78 Å². The number of methoxy groups -OCH3 is 1. The second kappa shape index (κ2) is 7.47. The van der Waals surface area contributed by atoms with Crippen LogP contribution in [0.25, 0.3) is 0 Å². The molecule has 0 aromatic carbocycles. The van der Waals surface area contributed by atoms with E-state index >= 15 is 0 Å². The van der Waals surface area contributed by atoms with E-state index in [1.54, 1.807) is 13.8 Å². The van der Waals surface area contributed by atoms with Gasteiger partial charge in [-0.1, -0.05) is 6.92 Å². The third-order valence-corrected chi connectivity index (χ3v) is 1.43. The van der Waals surface area contributed by atoms with Gasteiger partial charge < -0.3 is 9.84 Å². The van der Waals surface area contributed by atoms with Gasteiger partial charge in [-0.05, 0) is 6.92 Å². The summed E-state index contributed by atoms with van der Waals surface area (Å²) in [4.78, 5) is 10.8. The van der Waals surface area contributed by atoms with Gasteiger partial charge in [0.2, 0.25) is 0 Å². The third kappa shape index (κ3) is 5.47. The van der Waals surface area contributed by atoms with Crippen LogP contribution in [0, 0.1) is 0 Å². The van der Waals surface area contributed by atoms with Crippen molar-refractivity contribution in [2.45, 2.75) is 26.4 Å². The van der Waals surface area contributed by atoms with Crippen LogP contribution in [0.2, 0.25) is 0 Å². The van der Waals surface area contributed by atoms with Crippen molar-refractivity contribution in [1.29, 1.82) is 0 Å². The van der Waals surface area contributed by atoms with E-state index in [0.29, 0.717) is 6.42 Å². The van der Waals surface area contributed by atoms with E-state index in [1.165, 1.54) is 13.2 Å². The van der Waals surface area contributed by atoms with E-state index in [4.69, 9.17) is 9.84 Å². The molecule has 0 saturated heterocycles. The zero-order valence-corrected chi connectivity index (χ0v) is 9.85. The maximum Gasteiger partial charge on any atom is 0.158 e. The van der Waals surface area contributed by atoms with Crippen molar-refractivity contribution in [2.75, 3.05) is 7.11 Å². The first-order valence-corrected chi connectivity index (χ1v) is 3.58. The number of ether oxygens (including phenoxy) is 1. The molecule has 0 rings (SSSR count). The van der Waals surface area contributed by atoms with Crippen LogP contribution in [-0.4, -0.2) is 24.1 Å². The number of rotatable bonds is 4. The molecule has 0 aromatic rings. The van der Waals surface area contributed by atoms with Crippen LogP contribution < -0.4 is 0 Å². The Balaban J connectivity index is 0. The van der Waals surface area contributed by atoms with E-state index in [-0.39, 0.29) is 31.6 Å². The Hall–Kier alpha value is -0.181. The van der Waals surface area contributed by atoms with Crippen molar-refractivity contribution in [3.05, 3.63) is 11.8 Å². The van der Waals surface area contributed by atoms with E-state index in [0.717, 1.165) is 0 Å². The smallest absolute Gasteiger partial charge is 0.158 e. The molecule has 0 aliphatic rings. The second-order valence-corrected chi connectivity index (χ2v) is 2.27. The molecule has 12 heavy (non-hydrogen) atoms. The van der Waals surface area contributed by atoms with Crippen LogP contribution in [0.3, 0.4) is 0 Å². The minimum absolute atomic E-state index is 0. The van der Waals surface area contributed by atoms with E-state index in [9.17, 15) is 4.79 Å². The van der Waals surface area contributed by atoms with Crippen molar-refractivity contribution in [3.8, 4) is 0 Å². The Morgan fingerprint density at radius 1 is 1.67 bits per heavy atom. The van der Waals surface area contributed by atoms with Crippen molar-refractivity contribution in [2.24, 2.45) is 0 Å². The minimum atomic E-state index is -0.398. The second-order valence-electron chi connectivity index (χ2n) is 2.27. The molecule has 0 aliphatic heterocycles. The maximum absolute atomic E-state index is 10.8. The molecule has 1 radical (unpaired) electrons. The summed E-state index contributed by atoms with van der Waals surface area (Å²) in [5.74, 6) is -0.106. The van der Waals surface area contributed by atoms with Gasteiger partial charge in [0.25, 0.3) is 0 Å². The maximum atomic E-state index is 10.8. The van der Waals surface area contributed by atoms with Gasteiger partial charge >= 0.3 is 0 Å². The largest absolute Gasteiger partial charge is 0.509 e. The number of hydrogen-bond acceptors (Lipinski definition) is 3. The average molecular weight is 350 g/mol. The molecule has 3 nitrogen and oxygen atoms in total. The molecule has 0 spiro atoms. The number of aliphatic hydroxyl groups is 1. The number of carbonyl (C=O) groups excluding carboxylic acids is 1. The quantitative estimate of drug-likeness (QED) is 0.617. The molecule has 0 aliphatic carbocycles. The molecule has 0 heterocycles. The van der Waals surface area contributed by atoms with Crippen LogP contribution in [0.1, 0.15) is 20.3 Å². The molecule has 0 amide bonds. The van der Waals surface area contributed by atoms with Gasteiger partial charge in [-0.2, -0.15) is 0 Å². The SMILES string of the molecule is CCC(=O)/C=C(\O)C(C)OC.[Ir]. The molecule has 0 fully saturated rings. The number of ketones is 1. The van der Waals surface area contributed by atoms with Gasteiger partial charge in [-0.25, -0.2) is 0 Å². The van der Waals surface area contributed by atoms with Gasteiger partial charge in [0.15, 0.2) is 5.78 Å². The summed E-state index contributed by atoms with van der Waals surface area (Å²) in [5, 5.41) is 9.13. The third-order valence-electron chi connectivity index (χ3n) is 1.43. The topological polar surface area (TPSA) is 46.5 Å². The predicted molar refractivity (Wildman–Crippen MR) is 42.5 cm³/mol. The summed E-state index contributed by atoms with van der Waals surface area (Å²) in [7, 11) is 1.48. The molecule has 0 saturated carbocycles. The Labute approximate surface area is 86.2 Å². The van der Waals surface area contributed by atoms with Gasteiger partial charge in [-0.3, -0.25) is 4.79 Å². The summed E-state index contributed by atoms with van der Waals surface area (Å²) in [6, 6.07) is 0. The zero-order valence-electron chi connectivity index (χ0n) is 7.46. The monoisotopic (exact) mass is 351 g/mol. The number of hydrogen-bond donors (Lipinski definition) is 1. The molecule has 73 valence electrons. The van der Waals surface area contributed by atoms with Crippen LogP contribution in [0.5, 0.6) is 0 Å². The first-order valence-electron chi connectivity index (χ1n) is 3.58. The van der Waals surface area contributed by atoms with Crippen LogP contribution >= 0.6 is 0 Å². The fourth-order valence-corrected chi connectivity index (χ4v) is 0.505. The van der Waals surface area contributed by atoms with E-state index in [2.05, 4.69) is 0 Å². The van der Waals surface area contributed by atoms with Crippen molar-refractivity contribution in [3.63, 3.8) is 0 Å². The number of aliphatic hydroxyl groups excluding tert-OH is 1. The Morgan fingerprint density at radius 2 is 2.17 bits per heavy atom. The van der Waals surface area contributed by atoms with Crippen LogP contribution in [0.4, 0.5) is 0 Å². The number of allylic oxidation sites excluding steroid dienone is 1. The van der Waals surface area contributed by atoms with Gasteiger partial charge in [0.05, 0.1) is 0 Å². The fraction of sp³-hybridized carbons (Fsp3) is 0.625. The summed E-state index contributed by atoms with van der Waals surface area (Å²) in [5.41, 5.74) is 0. The summed E-state index contributed by atoms with van der Waals surface area (Å²) >= 11 is 0. The standard InChI is InChI=1S/C8H14O3.Ir/c1-4-7(9)5-8(10)6(2)11-3;/h5-6,10H,4H2,1-3H3;/b8-5-;. The first-order chi connectivity index (χ1) is 5.11. The van der Waals surface area contributed by atoms with E-state index in [1.807, 2.05) is 0 Å². The molecular formula is C8H14IrO3. The van der Waals surface area contributed by atoms with Crippen LogP contribution in [0.15, 0.2) is 11.8 Å². The normalized spacial score (nSPS) is 13.4. The summed E-state index contributed by atoms with van der Waals surface area (Å²) in [6.45, 7) is 3.42. The van der Waals surface area contributed by atoms with E-state index < -0.39 is 6.10 Å². The van der Waals surface area contributed by atoms with Gasteiger partial charge in [0.1, 0.15) is 11.9 Å². The zero-order chi connectivity index (χ0) is 8.85. The molecular weight excluding hydrogens is 336 g/mol. The van der Waals surface area contributed by atoms with Crippen molar-refractivity contribution in [1.82, 2.24) is 0 Å². The van der Waals surface area contributed by atoms with Crippen molar-refractivity contribution < 1.29 is 34.7 Å². The Bertz CT molecular complexity index is 166. The van der Waals surface area contributed by atoms with Gasteiger partial charge in [-0.15, -0.1) is 0 Å². The average Bonchev–Trinajstić information content (AvgIpc) is 2.02. The molecule has 1 N–H and O–H groups in total. The van der Waals surface area contributed by atoms with Gasteiger partial charge in [0, 0.05) is 39.7 Å². The summed E-state index contributed by atoms with van der Waals surface area (Å²) in [6.07, 6.45) is 1.21.